The van der Waals surface area contributed by atoms with E-state index in [0.29, 0.717) is 11.8 Å². The van der Waals surface area contributed by atoms with Crippen LogP contribution in [0.1, 0.15) is 58.9 Å². The normalized spacial score (nSPS) is 15.2. The summed E-state index contributed by atoms with van der Waals surface area (Å²) in [6.07, 6.45) is 6.72. The van der Waals surface area contributed by atoms with E-state index in [9.17, 15) is 0 Å². The van der Waals surface area contributed by atoms with Crippen molar-refractivity contribution in [3.8, 4) is 44.5 Å². The first kappa shape index (κ1) is 40.5. The van der Waals surface area contributed by atoms with Crippen LogP contribution in [0.15, 0.2) is 240 Å². The second-order valence-corrected chi connectivity index (χ2v) is 20.1. The van der Waals surface area contributed by atoms with Gasteiger partial charge in [-0.25, -0.2) is 0 Å². The van der Waals surface area contributed by atoms with Crippen molar-refractivity contribution >= 4 is 48.8 Å². The van der Waals surface area contributed by atoms with Crippen molar-refractivity contribution in [3.63, 3.8) is 0 Å². The monoisotopic (exact) mass is 880 g/mol. The molecule has 10 aromatic rings. The Labute approximate surface area is 396 Å². The molecule has 3 atom stereocenters. The summed E-state index contributed by atoms with van der Waals surface area (Å²) >= 11 is 3.87. The van der Waals surface area contributed by atoms with E-state index < -0.39 is 0 Å². The number of rotatable bonds is 10. The zero-order chi connectivity index (χ0) is 44.0. The summed E-state index contributed by atoms with van der Waals surface area (Å²) in [5.41, 5.74) is 18.5. The molecule has 1 aromatic heterocycles. The molecule has 2 aliphatic rings. The summed E-state index contributed by atoms with van der Waals surface area (Å²) in [6.45, 7) is 2.42. The number of fused-ring (bicyclic) bond motifs is 6. The average Bonchev–Trinajstić information content (AvgIpc) is 3.97. The molecule has 12 rings (SSSR count). The Morgan fingerprint density at radius 1 is 0.470 bits per heavy atom. The lowest BCUT2D eigenvalue weighted by Gasteiger charge is -2.26. The molecule has 0 fully saturated rings. The van der Waals surface area contributed by atoms with E-state index in [4.69, 9.17) is 0 Å². The van der Waals surface area contributed by atoms with E-state index in [1.807, 2.05) is 23.1 Å². The van der Waals surface area contributed by atoms with Crippen molar-refractivity contribution in [3.05, 3.63) is 263 Å². The highest BCUT2D eigenvalue weighted by Gasteiger charge is 2.34. The van der Waals surface area contributed by atoms with Gasteiger partial charge in [-0.2, -0.15) is 0 Å². The molecule has 0 N–H and O–H groups in total. The molecule has 0 bridgehead atoms. The van der Waals surface area contributed by atoms with Gasteiger partial charge in [0.1, 0.15) is 0 Å². The first-order chi connectivity index (χ1) is 32.6. The van der Waals surface area contributed by atoms with Crippen LogP contribution in [0, 0.1) is 0 Å². The highest BCUT2D eigenvalue weighted by molar-refractivity contribution is 8.03. The standard InChI is InChI=1S/C64H48S2/c1-42(44-28-30-47(31-29-44)45-14-5-2-6-15-45)57(38-43-24-26-50(27-25-43)54-21-13-22-56-55-20-11-12-23-61(55)65-63(54)56)51-34-32-48(33-35-51)52-36-37-62-59(39-52)60-41-53(46-16-7-3-8-17-46)40-58(64(60)66-62)49-18-9-4-10-19-49/h2-37,40-42,57,59H,38-39H2,1H3/t42?,57-,59+/m1/s1. The molecular weight excluding hydrogens is 833 g/mol. The van der Waals surface area contributed by atoms with Crippen molar-refractivity contribution in [2.75, 3.05) is 0 Å². The Kier molecular flexibility index (Phi) is 10.7. The van der Waals surface area contributed by atoms with Gasteiger partial charge in [0.05, 0.1) is 0 Å². The van der Waals surface area contributed by atoms with E-state index in [2.05, 4.69) is 237 Å². The minimum absolute atomic E-state index is 0.288. The van der Waals surface area contributed by atoms with Crippen molar-refractivity contribution in [2.45, 2.75) is 42.4 Å². The topological polar surface area (TPSA) is 0 Å². The van der Waals surface area contributed by atoms with Gasteiger partial charge >= 0.3 is 0 Å². The van der Waals surface area contributed by atoms with Gasteiger partial charge in [0.2, 0.25) is 0 Å². The first-order valence-electron chi connectivity index (χ1n) is 23.2. The summed E-state index contributed by atoms with van der Waals surface area (Å²) in [5.74, 6) is 0.934. The molecule has 316 valence electrons. The van der Waals surface area contributed by atoms with Gasteiger partial charge in [0.25, 0.3) is 0 Å². The summed E-state index contributed by atoms with van der Waals surface area (Å²) in [4.78, 5) is 2.85. The van der Waals surface area contributed by atoms with Gasteiger partial charge in [-0.3, -0.25) is 0 Å². The predicted molar refractivity (Wildman–Crippen MR) is 285 cm³/mol. The van der Waals surface area contributed by atoms with Gasteiger partial charge in [-0.05, 0) is 126 Å². The molecule has 0 saturated carbocycles. The number of hydrogen-bond acceptors (Lipinski definition) is 2. The minimum Gasteiger partial charge on any atom is -0.135 e. The maximum Gasteiger partial charge on any atom is 0.0433 e. The van der Waals surface area contributed by atoms with Crippen LogP contribution in [0.5, 0.6) is 0 Å². The fraction of sp³-hybridized carbons (Fsp3) is 0.0938. The molecule has 0 saturated heterocycles. The zero-order valence-corrected chi connectivity index (χ0v) is 38.5. The molecule has 9 aromatic carbocycles. The van der Waals surface area contributed by atoms with E-state index in [0.717, 1.165) is 12.8 Å². The third-order valence-electron chi connectivity index (χ3n) is 14.1. The molecule has 2 heteroatoms. The zero-order valence-electron chi connectivity index (χ0n) is 36.9. The Hall–Kier alpha value is -6.97. The largest absolute Gasteiger partial charge is 0.135 e. The lowest BCUT2D eigenvalue weighted by Crippen LogP contribution is -2.12. The maximum absolute atomic E-state index is 2.47. The molecular formula is C64H48S2. The Morgan fingerprint density at radius 2 is 1.05 bits per heavy atom. The highest BCUT2D eigenvalue weighted by atomic mass is 32.2. The molecule has 1 unspecified atom stereocenters. The lowest BCUT2D eigenvalue weighted by atomic mass is 9.78. The Morgan fingerprint density at radius 3 is 1.77 bits per heavy atom. The predicted octanol–water partition coefficient (Wildman–Crippen LogP) is 18.4. The number of benzene rings is 9. The average molecular weight is 881 g/mol. The van der Waals surface area contributed by atoms with Gasteiger partial charge in [0.15, 0.2) is 0 Å². The summed E-state index contributed by atoms with van der Waals surface area (Å²) in [6, 6.07) is 81.3. The van der Waals surface area contributed by atoms with E-state index in [1.165, 1.54) is 108 Å². The van der Waals surface area contributed by atoms with Crippen molar-refractivity contribution in [1.29, 1.82) is 0 Å². The summed E-state index contributed by atoms with van der Waals surface area (Å²) < 4.78 is 2.71. The Bertz CT molecular complexity index is 3410. The van der Waals surface area contributed by atoms with Crippen LogP contribution in [0.2, 0.25) is 0 Å². The second kappa shape index (κ2) is 17.4. The number of thiophene rings is 1. The quantitative estimate of drug-likeness (QED) is 0.132. The molecule has 0 nitrogen and oxygen atoms in total. The van der Waals surface area contributed by atoms with E-state index >= 15 is 0 Å². The van der Waals surface area contributed by atoms with Crippen LogP contribution in [-0.2, 0) is 6.42 Å². The molecule has 1 aliphatic heterocycles. The fourth-order valence-corrected chi connectivity index (χ4v) is 13.0. The minimum atomic E-state index is 0.288. The van der Waals surface area contributed by atoms with Crippen molar-refractivity contribution < 1.29 is 0 Å². The third kappa shape index (κ3) is 7.65. The molecule has 2 heterocycles. The molecule has 0 spiro atoms. The van der Waals surface area contributed by atoms with Crippen molar-refractivity contribution in [2.24, 2.45) is 0 Å². The van der Waals surface area contributed by atoms with E-state index in [1.54, 1.807) is 0 Å². The Balaban J connectivity index is 0.851. The van der Waals surface area contributed by atoms with E-state index in [-0.39, 0.29) is 5.92 Å². The van der Waals surface area contributed by atoms with Crippen LogP contribution < -0.4 is 0 Å². The number of thioether (sulfide) groups is 1. The smallest absolute Gasteiger partial charge is 0.0433 e. The molecule has 0 amide bonds. The number of allylic oxidation sites excluding steroid dienone is 4. The second-order valence-electron chi connectivity index (χ2n) is 18.0. The van der Waals surface area contributed by atoms with Crippen LogP contribution in [0.3, 0.4) is 0 Å². The summed E-state index contributed by atoms with van der Waals surface area (Å²) in [7, 11) is 0. The van der Waals surface area contributed by atoms with Crippen LogP contribution in [-0.4, -0.2) is 0 Å². The van der Waals surface area contributed by atoms with Gasteiger partial charge in [-0.15, -0.1) is 11.3 Å². The lowest BCUT2D eigenvalue weighted by molar-refractivity contribution is 0.572. The van der Waals surface area contributed by atoms with Gasteiger partial charge < -0.3 is 0 Å². The van der Waals surface area contributed by atoms with Gasteiger partial charge in [0, 0.05) is 31.0 Å². The van der Waals surface area contributed by atoms with Gasteiger partial charge in [-0.1, -0.05) is 231 Å². The maximum atomic E-state index is 2.47. The van der Waals surface area contributed by atoms with Crippen molar-refractivity contribution in [1.82, 2.24) is 0 Å². The highest BCUT2D eigenvalue weighted by Crippen LogP contribution is 2.57. The third-order valence-corrected chi connectivity index (χ3v) is 16.6. The fourth-order valence-electron chi connectivity index (χ4n) is 10.5. The SMILES string of the molecule is CC(c1ccc(-c2ccccc2)cc1)[C@@H](Cc1ccc(-c2cccc3c2sc2ccccc23)cc1)c1ccc(C2=CC=C3Sc4c(-c5ccccc5)cc(-c5ccccc5)cc4[C@@H]3C2)cc1. The first-order valence-corrected chi connectivity index (χ1v) is 24.9. The number of hydrogen-bond donors (Lipinski definition) is 0. The van der Waals surface area contributed by atoms with Crippen LogP contribution in [0.25, 0.3) is 70.3 Å². The molecule has 0 radical (unpaired) electrons. The summed E-state index contributed by atoms with van der Waals surface area (Å²) in [5, 5.41) is 2.68. The molecule has 66 heavy (non-hydrogen) atoms. The van der Waals surface area contributed by atoms with Crippen LogP contribution >= 0.6 is 23.1 Å². The molecule has 1 aliphatic carbocycles. The van der Waals surface area contributed by atoms with Crippen LogP contribution in [0.4, 0.5) is 0 Å².